The molecule has 2 rings (SSSR count). The van der Waals surface area contributed by atoms with E-state index in [1.165, 1.54) is 6.42 Å². The van der Waals surface area contributed by atoms with Gasteiger partial charge in [-0.05, 0) is 29.7 Å². The lowest BCUT2D eigenvalue weighted by atomic mass is 9.64. The number of nitrogens with one attached hydrogen (secondary N) is 1. The summed E-state index contributed by atoms with van der Waals surface area (Å²) in [7, 11) is 0. The monoisotopic (exact) mass is 289 g/mol. The Labute approximate surface area is 127 Å². The van der Waals surface area contributed by atoms with Crippen LogP contribution >= 0.6 is 0 Å². The second-order valence-corrected chi connectivity index (χ2v) is 7.01. The summed E-state index contributed by atoms with van der Waals surface area (Å²) in [6, 6.07) is 9.47. The topological polar surface area (TPSA) is 49.3 Å². The van der Waals surface area contributed by atoms with Gasteiger partial charge in [0.15, 0.2) is 0 Å². The second kappa shape index (κ2) is 6.61. The van der Waals surface area contributed by atoms with Crippen LogP contribution in [0, 0.1) is 17.3 Å². The summed E-state index contributed by atoms with van der Waals surface area (Å²) in [6.07, 6.45) is 2.77. The third-order valence-corrected chi connectivity index (χ3v) is 4.83. The van der Waals surface area contributed by atoms with Crippen molar-refractivity contribution in [2.24, 2.45) is 17.3 Å². The number of aliphatic hydroxyl groups is 1. The maximum atomic E-state index is 12.5. The number of carbonyl (C=O) groups is 1. The van der Waals surface area contributed by atoms with Gasteiger partial charge in [-0.1, -0.05) is 57.5 Å². The molecule has 1 aliphatic rings. The first kappa shape index (κ1) is 16.0. The molecule has 3 nitrogen and oxygen atoms in total. The lowest BCUT2D eigenvalue weighted by Crippen LogP contribution is -2.45. The average molecular weight is 289 g/mol. The van der Waals surface area contributed by atoms with Gasteiger partial charge in [-0.3, -0.25) is 4.79 Å². The Balaban J connectivity index is 1.95. The van der Waals surface area contributed by atoms with E-state index in [0.29, 0.717) is 5.92 Å². The number of hydrogen-bond donors (Lipinski definition) is 2. The number of aliphatic hydroxyl groups excluding tert-OH is 1. The fourth-order valence-electron chi connectivity index (χ4n) is 3.69. The number of rotatable bonds is 4. The zero-order valence-corrected chi connectivity index (χ0v) is 13.3. The molecular weight excluding hydrogens is 262 g/mol. The minimum Gasteiger partial charge on any atom is -0.387 e. The van der Waals surface area contributed by atoms with Crippen molar-refractivity contribution >= 4 is 5.91 Å². The molecule has 1 aromatic carbocycles. The fourth-order valence-corrected chi connectivity index (χ4v) is 3.69. The Morgan fingerprint density at radius 2 is 2.05 bits per heavy atom. The van der Waals surface area contributed by atoms with Crippen LogP contribution in [0.15, 0.2) is 30.3 Å². The van der Waals surface area contributed by atoms with Gasteiger partial charge in [0.05, 0.1) is 6.10 Å². The molecule has 0 spiro atoms. The van der Waals surface area contributed by atoms with Gasteiger partial charge in [0, 0.05) is 12.5 Å². The molecule has 1 amide bonds. The second-order valence-electron chi connectivity index (χ2n) is 7.01. The first-order valence-corrected chi connectivity index (χ1v) is 7.92. The minimum absolute atomic E-state index is 0.0363. The number of amides is 1. The van der Waals surface area contributed by atoms with Crippen LogP contribution in [0.5, 0.6) is 0 Å². The Morgan fingerprint density at radius 1 is 1.38 bits per heavy atom. The van der Waals surface area contributed by atoms with E-state index in [1.807, 2.05) is 30.3 Å². The van der Waals surface area contributed by atoms with Crippen molar-refractivity contribution in [3.63, 3.8) is 0 Å². The molecule has 1 saturated carbocycles. The summed E-state index contributed by atoms with van der Waals surface area (Å²) in [6.45, 7) is 6.81. The molecule has 1 fully saturated rings. The molecule has 0 bridgehead atoms. The van der Waals surface area contributed by atoms with Crippen LogP contribution in [0.1, 0.15) is 51.7 Å². The Bertz CT molecular complexity index is 469. The first-order chi connectivity index (χ1) is 9.92. The molecule has 0 radical (unpaired) electrons. The van der Waals surface area contributed by atoms with Gasteiger partial charge in [0.1, 0.15) is 0 Å². The van der Waals surface area contributed by atoms with Crippen LogP contribution in [-0.4, -0.2) is 17.6 Å². The minimum atomic E-state index is -0.642. The predicted molar refractivity (Wildman–Crippen MR) is 84.7 cm³/mol. The summed E-state index contributed by atoms with van der Waals surface area (Å²) in [5, 5.41) is 13.1. The van der Waals surface area contributed by atoms with Gasteiger partial charge >= 0.3 is 0 Å². The van der Waals surface area contributed by atoms with Crippen LogP contribution in [0.2, 0.25) is 0 Å². The molecule has 116 valence electrons. The van der Waals surface area contributed by atoms with Crippen LogP contribution < -0.4 is 5.32 Å². The van der Waals surface area contributed by atoms with Crippen molar-refractivity contribution < 1.29 is 9.90 Å². The number of carbonyl (C=O) groups excluding carboxylic acids is 1. The molecule has 0 heterocycles. The van der Waals surface area contributed by atoms with E-state index in [1.54, 1.807) is 0 Å². The molecule has 1 unspecified atom stereocenters. The van der Waals surface area contributed by atoms with E-state index in [4.69, 9.17) is 0 Å². The van der Waals surface area contributed by atoms with Crippen LogP contribution in [-0.2, 0) is 4.79 Å². The Morgan fingerprint density at radius 3 is 2.67 bits per heavy atom. The van der Waals surface area contributed by atoms with Gasteiger partial charge in [-0.15, -0.1) is 0 Å². The standard InChI is InChI=1S/C18H27NO2/c1-13-8-7-11-18(2,3)16(13)17(21)19-12-15(20)14-9-5-4-6-10-14/h4-6,9-10,13,15-16,20H,7-8,11-12H2,1-3H3,(H,19,21)/t13-,15+,16?/m0/s1. The normalized spacial score (nSPS) is 26.1. The highest BCUT2D eigenvalue weighted by atomic mass is 16.3. The summed E-state index contributed by atoms with van der Waals surface area (Å²) in [4.78, 5) is 12.5. The summed E-state index contributed by atoms with van der Waals surface area (Å²) in [5.74, 6) is 0.527. The van der Waals surface area contributed by atoms with Crippen LogP contribution in [0.4, 0.5) is 0 Å². The molecule has 3 heteroatoms. The smallest absolute Gasteiger partial charge is 0.224 e. The first-order valence-electron chi connectivity index (χ1n) is 7.92. The van der Waals surface area contributed by atoms with Crippen molar-refractivity contribution in [2.45, 2.75) is 46.1 Å². The third kappa shape index (κ3) is 3.85. The molecular formula is C18H27NO2. The maximum Gasteiger partial charge on any atom is 0.224 e. The zero-order chi connectivity index (χ0) is 15.5. The van der Waals surface area contributed by atoms with E-state index in [-0.39, 0.29) is 23.8 Å². The molecule has 0 aromatic heterocycles. The zero-order valence-electron chi connectivity index (χ0n) is 13.3. The van der Waals surface area contributed by atoms with Crippen molar-refractivity contribution in [1.29, 1.82) is 0 Å². The van der Waals surface area contributed by atoms with Crippen LogP contribution in [0.3, 0.4) is 0 Å². The molecule has 1 aromatic rings. The van der Waals surface area contributed by atoms with Crippen LogP contribution in [0.25, 0.3) is 0 Å². The van der Waals surface area contributed by atoms with Crippen molar-refractivity contribution in [3.8, 4) is 0 Å². The van der Waals surface area contributed by atoms with Crippen molar-refractivity contribution in [1.82, 2.24) is 5.32 Å². The lowest BCUT2D eigenvalue weighted by molar-refractivity contribution is -0.133. The lowest BCUT2D eigenvalue weighted by Gasteiger charge is -2.41. The molecule has 1 aliphatic carbocycles. The Hall–Kier alpha value is -1.35. The van der Waals surface area contributed by atoms with Crippen molar-refractivity contribution in [3.05, 3.63) is 35.9 Å². The SMILES string of the molecule is C[C@H]1CCCC(C)(C)C1C(=O)NC[C@@H](O)c1ccccc1. The molecule has 0 aliphatic heterocycles. The van der Waals surface area contributed by atoms with E-state index >= 15 is 0 Å². The summed E-state index contributed by atoms with van der Waals surface area (Å²) >= 11 is 0. The van der Waals surface area contributed by atoms with Crippen molar-refractivity contribution in [2.75, 3.05) is 6.54 Å². The molecule has 2 N–H and O–H groups in total. The van der Waals surface area contributed by atoms with Gasteiger partial charge in [0.2, 0.25) is 5.91 Å². The fraction of sp³-hybridized carbons (Fsp3) is 0.611. The Kier molecular flexibility index (Phi) is 5.04. The highest BCUT2D eigenvalue weighted by Gasteiger charge is 2.41. The van der Waals surface area contributed by atoms with E-state index in [9.17, 15) is 9.90 Å². The number of hydrogen-bond acceptors (Lipinski definition) is 2. The summed E-state index contributed by atoms with van der Waals surface area (Å²) < 4.78 is 0. The highest BCUT2D eigenvalue weighted by molar-refractivity contribution is 5.79. The quantitative estimate of drug-likeness (QED) is 0.893. The van der Waals surface area contributed by atoms with Gasteiger partial charge < -0.3 is 10.4 Å². The predicted octanol–water partition coefficient (Wildman–Crippen LogP) is 3.30. The van der Waals surface area contributed by atoms with E-state index in [2.05, 4.69) is 26.1 Å². The maximum absolute atomic E-state index is 12.5. The van der Waals surface area contributed by atoms with Gasteiger partial charge in [-0.2, -0.15) is 0 Å². The largest absolute Gasteiger partial charge is 0.387 e. The molecule has 3 atom stereocenters. The van der Waals surface area contributed by atoms with Gasteiger partial charge in [-0.25, -0.2) is 0 Å². The third-order valence-electron chi connectivity index (χ3n) is 4.83. The summed E-state index contributed by atoms with van der Waals surface area (Å²) in [5.41, 5.74) is 0.883. The van der Waals surface area contributed by atoms with Gasteiger partial charge in [0.25, 0.3) is 0 Å². The van der Waals surface area contributed by atoms with E-state index in [0.717, 1.165) is 18.4 Å². The molecule has 21 heavy (non-hydrogen) atoms. The van der Waals surface area contributed by atoms with E-state index < -0.39 is 6.10 Å². The highest BCUT2D eigenvalue weighted by Crippen LogP contribution is 2.43. The average Bonchev–Trinajstić information content (AvgIpc) is 2.44. The molecule has 0 saturated heterocycles. The number of benzene rings is 1.